The van der Waals surface area contributed by atoms with Gasteiger partial charge in [-0.15, -0.1) is 0 Å². The number of carbonyl (C=O) groups is 1. The van der Waals surface area contributed by atoms with Gasteiger partial charge >= 0.3 is 0 Å². The van der Waals surface area contributed by atoms with E-state index in [1.165, 1.54) is 0 Å². The van der Waals surface area contributed by atoms with E-state index >= 15 is 0 Å². The molecule has 5 nitrogen and oxygen atoms in total. The van der Waals surface area contributed by atoms with Gasteiger partial charge in [0.15, 0.2) is 0 Å². The maximum absolute atomic E-state index is 12.5. The number of anilines is 1. The van der Waals surface area contributed by atoms with Gasteiger partial charge < -0.3 is 9.47 Å². The van der Waals surface area contributed by atoms with E-state index in [9.17, 15) is 4.79 Å². The van der Waals surface area contributed by atoms with Gasteiger partial charge in [0, 0.05) is 30.2 Å². The fourth-order valence-corrected chi connectivity index (χ4v) is 2.71. The number of para-hydroxylation sites is 1. The van der Waals surface area contributed by atoms with Crippen LogP contribution in [0.25, 0.3) is 10.9 Å². The highest BCUT2D eigenvalue weighted by Gasteiger charge is 2.27. The third-order valence-electron chi connectivity index (χ3n) is 3.62. The predicted octanol–water partition coefficient (Wildman–Crippen LogP) is 2.02. The van der Waals surface area contributed by atoms with E-state index in [1.807, 2.05) is 24.3 Å². The molecule has 0 fully saturated rings. The first-order chi connectivity index (χ1) is 9.34. The number of aromatic nitrogens is 3. The van der Waals surface area contributed by atoms with Gasteiger partial charge in [-0.05, 0) is 12.1 Å². The molecule has 0 saturated carbocycles. The minimum Gasteiger partial charge on any atom is -0.335 e. The van der Waals surface area contributed by atoms with Crippen molar-refractivity contribution in [1.82, 2.24) is 14.8 Å². The summed E-state index contributed by atoms with van der Waals surface area (Å²) in [4.78, 5) is 14.3. The molecule has 0 unspecified atom stereocenters. The van der Waals surface area contributed by atoms with Crippen molar-refractivity contribution in [2.75, 3.05) is 11.4 Å². The molecule has 1 aliphatic rings. The molecule has 94 valence electrons. The first kappa shape index (κ1) is 10.4. The van der Waals surface area contributed by atoms with Crippen LogP contribution in [0.4, 0.5) is 5.69 Å². The Bertz CT molecular complexity index is 757. The fraction of sp³-hybridized carbons (Fsp3) is 0.143. The number of benzene rings is 1. The van der Waals surface area contributed by atoms with E-state index in [4.69, 9.17) is 0 Å². The molecule has 1 N–H and O–H groups in total. The lowest BCUT2D eigenvalue weighted by Crippen LogP contribution is -2.39. The van der Waals surface area contributed by atoms with Gasteiger partial charge in [0.1, 0.15) is 5.69 Å². The van der Waals surface area contributed by atoms with Crippen LogP contribution in [0.5, 0.6) is 0 Å². The van der Waals surface area contributed by atoms with Crippen LogP contribution in [0, 0.1) is 0 Å². The Balaban J connectivity index is 1.86. The summed E-state index contributed by atoms with van der Waals surface area (Å²) >= 11 is 0. The molecule has 0 bridgehead atoms. The Labute approximate surface area is 109 Å². The van der Waals surface area contributed by atoms with Crippen molar-refractivity contribution >= 4 is 22.5 Å². The van der Waals surface area contributed by atoms with Crippen LogP contribution in [0.2, 0.25) is 0 Å². The molecule has 19 heavy (non-hydrogen) atoms. The summed E-state index contributed by atoms with van der Waals surface area (Å²) in [6.45, 7) is 1.48. The molecule has 2 aromatic heterocycles. The number of fused-ring (bicyclic) bond motifs is 3. The van der Waals surface area contributed by atoms with Gasteiger partial charge in [-0.3, -0.25) is 9.89 Å². The summed E-state index contributed by atoms with van der Waals surface area (Å²) in [6, 6.07) is 10.1. The topological polar surface area (TPSA) is 53.9 Å². The summed E-state index contributed by atoms with van der Waals surface area (Å²) in [5.41, 5.74) is 2.69. The summed E-state index contributed by atoms with van der Waals surface area (Å²) < 4.78 is 2.09. The number of nitrogens with one attached hydrogen (secondary N) is 1. The first-order valence-corrected chi connectivity index (χ1v) is 6.23. The van der Waals surface area contributed by atoms with Crippen LogP contribution < -0.4 is 4.90 Å². The zero-order valence-electron chi connectivity index (χ0n) is 10.2. The van der Waals surface area contributed by atoms with Crippen LogP contribution in [-0.4, -0.2) is 27.2 Å². The number of carbonyl (C=O) groups excluding carboxylic acids is 1. The number of aromatic amines is 1. The average Bonchev–Trinajstić information content (AvgIpc) is 3.06. The maximum Gasteiger partial charge on any atom is 0.275 e. The number of hydrogen-bond acceptors (Lipinski definition) is 2. The minimum absolute atomic E-state index is 0.0313. The van der Waals surface area contributed by atoms with Crippen LogP contribution in [0.1, 0.15) is 10.5 Å². The predicted molar refractivity (Wildman–Crippen MR) is 72.2 cm³/mol. The molecule has 0 saturated heterocycles. The molecule has 3 heterocycles. The number of rotatable bonds is 1. The molecule has 1 amide bonds. The second-order valence-corrected chi connectivity index (χ2v) is 4.65. The first-order valence-electron chi connectivity index (χ1n) is 6.23. The highest BCUT2D eigenvalue weighted by molar-refractivity contribution is 6.08. The average molecular weight is 252 g/mol. The second kappa shape index (κ2) is 3.71. The lowest BCUT2D eigenvalue weighted by molar-refractivity contribution is 0.0966. The van der Waals surface area contributed by atoms with Crippen molar-refractivity contribution in [3.05, 3.63) is 48.4 Å². The van der Waals surface area contributed by atoms with E-state index in [0.29, 0.717) is 6.54 Å². The van der Waals surface area contributed by atoms with Crippen molar-refractivity contribution in [2.45, 2.75) is 6.54 Å². The summed E-state index contributed by atoms with van der Waals surface area (Å²) in [7, 11) is 0. The number of nitrogens with zero attached hydrogens (tertiary/aromatic N) is 3. The summed E-state index contributed by atoms with van der Waals surface area (Å²) in [5.74, 6) is 0.0313. The number of amides is 1. The fourth-order valence-electron chi connectivity index (χ4n) is 2.71. The summed E-state index contributed by atoms with van der Waals surface area (Å²) in [5, 5.41) is 7.76. The van der Waals surface area contributed by atoms with Crippen LogP contribution in [0.15, 0.2) is 42.7 Å². The van der Waals surface area contributed by atoms with Gasteiger partial charge in [0.2, 0.25) is 0 Å². The Kier molecular flexibility index (Phi) is 2.03. The molecule has 5 heteroatoms. The Morgan fingerprint density at radius 2 is 2.11 bits per heavy atom. The van der Waals surface area contributed by atoms with Crippen molar-refractivity contribution in [2.24, 2.45) is 0 Å². The molecule has 1 aromatic carbocycles. The molecule has 0 aliphatic carbocycles. The van der Waals surface area contributed by atoms with Crippen molar-refractivity contribution in [3.8, 4) is 0 Å². The maximum atomic E-state index is 12.5. The second-order valence-electron chi connectivity index (χ2n) is 4.65. The lowest BCUT2D eigenvalue weighted by Gasteiger charge is -2.27. The van der Waals surface area contributed by atoms with Crippen molar-refractivity contribution < 1.29 is 4.79 Å². The normalized spacial score (nSPS) is 14.9. The van der Waals surface area contributed by atoms with Crippen LogP contribution >= 0.6 is 0 Å². The molecule has 0 radical (unpaired) electrons. The van der Waals surface area contributed by atoms with Gasteiger partial charge in [-0.2, -0.15) is 5.10 Å². The molecule has 0 atom stereocenters. The van der Waals surface area contributed by atoms with Gasteiger partial charge in [-0.25, -0.2) is 0 Å². The Morgan fingerprint density at radius 1 is 1.21 bits per heavy atom. The zero-order valence-corrected chi connectivity index (χ0v) is 10.2. The Hall–Kier alpha value is -2.56. The van der Waals surface area contributed by atoms with Crippen LogP contribution in [-0.2, 0) is 6.54 Å². The largest absolute Gasteiger partial charge is 0.335 e. The van der Waals surface area contributed by atoms with Gasteiger partial charge in [0.05, 0.1) is 11.9 Å². The molecule has 1 aliphatic heterocycles. The monoisotopic (exact) mass is 252 g/mol. The molecular formula is C14H12N4O. The quantitative estimate of drug-likeness (QED) is 0.720. The molecule has 4 rings (SSSR count). The minimum atomic E-state index is 0.0313. The molecule has 3 aromatic rings. The van der Waals surface area contributed by atoms with Crippen LogP contribution in [0.3, 0.4) is 0 Å². The van der Waals surface area contributed by atoms with Crippen molar-refractivity contribution in [1.29, 1.82) is 0 Å². The standard InChI is InChI=1S/C14H12N4O/c19-14-13-7-10-3-1-2-4-12(10)18(13)6-5-17(14)11-8-15-16-9-11/h1-4,7-9H,5-6H2,(H,15,16). The van der Waals surface area contributed by atoms with E-state index < -0.39 is 0 Å². The Morgan fingerprint density at radius 3 is 2.95 bits per heavy atom. The highest BCUT2D eigenvalue weighted by Crippen LogP contribution is 2.26. The third-order valence-corrected chi connectivity index (χ3v) is 3.62. The smallest absolute Gasteiger partial charge is 0.275 e. The van der Waals surface area contributed by atoms with E-state index in [1.54, 1.807) is 17.3 Å². The number of hydrogen-bond donors (Lipinski definition) is 1. The van der Waals surface area contributed by atoms with Crippen molar-refractivity contribution in [3.63, 3.8) is 0 Å². The lowest BCUT2D eigenvalue weighted by atomic mass is 10.2. The van der Waals surface area contributed by atoms with Gasteiger partial charge in [-0.1, -0.05) is 18.2 Å². The molecule has 0 spiro atoms. The third kappa shape index (κ3) is 1.41. The zero-order chi connectivity index (χ0) is 12.8. The van der Waals surface area contributed by atoms with E-state index in [-0.39, 0.29) is 5.91 Å². The molecular weight excluding hydrogens is 240 g/mol. The van der Waals surface area contributed by atoms with E-state index in [2.05, 4.69) is 20.8 Å². The SMILES string of the molecule is O=C1c2cc3ccccc3n2CCN1c1cn[nH]c1. The highest BCUT2D eigenvalue weighted by atomic mass is 16.2. The van der Waals surface area contributed by atoms with Gasteiger partial charge in [0.25, 0.3) is 5.91 Å². The summed E-state index contributed by atoms with van der Waals surface area (Å²) in [6.07, 6.45) is 3.42. The van der Waals surface area contributed by atoms with E-state index in [0.717, 1.165) is 28.8 Å². The number of H-pyrrole nitrogens is 1.